The summed E-state index contributed by atoms with van der Waals surface area (Å²) in [6.45, 7) is 7.24. The van der Waals surface area contributed by atoms with Crippen LogP contribution in [0.25, 0.3) is 0 Å². The molecule has 0 fully saturated rings. The molecule has 1 aliphatic heterocycles. The Morgan fingerprint density at radius 1 is 1.25 bits per heavy atom. The number of anilines is 1. The molecule has 130 valence electrons. The molecule has 5 nitrogen and oxygen atoms in total. The van der Waals surface area contributed by atoms with Crippen LogP contribution >= 0.6 is 11.8 Å². The summed E-state index contributed by atoms with van der Waals surface area (Å²) in [5, 5.41) is 5.73. The molecule has 6 heteroatoms. The van der Waals surface area contributed by atoms with Gasteiger partial charge in [-0.1, -0.05) is 26.0 Å². The lowest BCUT2D eigenvalue weighted by Crippen LogP contribution is -2.27. The Labute approximate surface area is 147 Å². The topological polar surface area (TPSA) is 67.4 Å². The highest BCUT2D eigenvalue weighted by Crippen LogP contribution is 2.27. The van der Waals surface area contributed by atoms with Gasteiger partial charge in [0.15, 0.2) is 0 Å². The molecule has 24 heavy (non-hydrogen) atoms. The molecule has 0 bridgehead atoms. The van der Waals surface area contributed by atoms with Crippen LogP contribution in [0.1, 0.15) is 37.6 Å². The van der Waals surface area contributed by atoms with Crippen LogP contribution in [0.5, 0.6) is 0 Å². The van der Waals surface area contributed by atoms with Gasteiger partial charge in [0.05, 0.1) is 17.9 Å². The van der Waals surface area contributed by atoms with Crippen molar-refractivity contribution in [1.29, 1.82) is 0 Å². The van der Waals surface area contributed by atoms with Gasteiger partial charge in [0.25, 0.3) is 11.8 Å². The molecular weight excluding hydrogens is 324 g/mol. The summed E-state index contributed by atoms with van der Waals surface area (Å²) in [5.74, 6) is 1.49. The molecule has 2 N–H and O–H groups in total. The minimum atomic E-state index is -0.236. The Morgan fingerprint density at radius 2 is 2.00 bits per heavy atom. The quantitative estimate of drug-likeness (QED) is 0.827. The first-order valence-electron chi connectivity index (χ1n) is 8.14. The average molecular weight is 348 g/mol. The molecule has 0 radical (unpaired) electrons. The summed E-state index contributed by atoms with van der Waals surface area (Å²) in [7, 11) is 0. The Bertz CT molecular complexity index is 641. The van der Waals surface area contributed by atoms with E-state index < -0.39 is 0 Å². The predicted molar refractivity (Wildman–Crippen MR) is 98.0 cm³/mol. The number of hydrogen-bond donors (Lipinski definition) is 2. The van der Waals surface area contributed by atoms with Crippen LogP contribution in [0.2, 0.25) is 0 Å². The van der Waals surface area contributed by atoms with E-state index in [0.29, 0.717) is 41.0 Å². The summed E-state index contributed by atoms with van der Waals surface area (Å²) >= 11 is 1.47. The zero-order valence-corrected chi connectivity index (χ0v) is 15.2. The number of nitrogens with one attached hydrogen (secondary N) is 2. The first-order valence-corrected chi connectivity index (χ1v) is 9.12. The van der Waals surface area contributed by atoms with Crippen LogP contribution in [0.15, 0.2) is 34.9 Å². The number of hydrogen-bond acceptors (Lipinski definition) is 4. The second-order valence-corrected chi connectivity index (χ2v) is 7.13. The SMILES string of the molecule is CC1=C(C(=O)Nc2ccccc2C(=O)NCCC(C)C)SCCO1. The normalized spacial score (nSPS) is 14.3. The zero-order valence-electron chi connectivity index (χ0n) is 14.3. The van der Waals surface area contributed by atoms with E-state index in [9.17, 15) is 9.59 Å². The van der Waals surface area contributed by atoms with Gasteiger partial charge in [-0.15, -0.1) is 11.8 Å². The lowest BCUT2D eigenvalue weighted by molar-refractivity contribution is -0.112. The molecule has 2 amide bonds. The number of allylic oxidation sites excluding steroid dienone is 1. The summed E-state index contributed by atoms with van der Waals surface area (Å²) < 4.78 is 5.42. The fourth-order valence-corrected chi connectivity index (χ4v) is 3.08. The van der Waals surface area contributed by atoms with Crippen molar-refractivity contribution in [2.75, 3.05) is 24.2 Å². The van der Waals surface area contributed by atoms with Gasteiger partial charge in [-0.2, -0.15) is 0 Å². The number of rotatable bonds is 6. The van der Waals surface area contributed by atoms with Crippen molar-refractivity contribution < 1.29 is 14.3 Å². The van der Waals surface area contributed by atoms with E-state index >= 15 is 0 Å². The van der Waals surface area contributed by atoms with Gasteiger partial charge in [0, 0.05) is 12.3 Å². The molecular formula is C18H24N2O3S. The van der Waals surface area contributed by atoms with E-state index in [1.807, 2.05) is 0 Å². The summed E-state index contributed by atoms with van der Waals surface area (Å²) in [4.78, 5) is 25.4. The third-order valence-electron chi connectivity index (χ3n) is 3.60. The Balaban J connectivity index is 2.08. The summed E-state index contributed by atoms with van der Waals surface area (Å²) in [6, 6.07) is 7.04. The van der Waals surface area contributed by atoms with Gasteiger partial charge in [-0.3, -0.25) is 9.59 Å². The van der Waals surface area contributed by atoms with Crippen LogP contribution in [-0.4, -0.2) is 30.7 Å². The van der Waals surface area contributed by atoms with Gasteiger partial charge in [0.2, 0.25) is 0 Å². The fourth-order valence-electron chi connectivity index (χ4n) is 2.27. The molecule has 0 saturated heterocycles. The van der Waals surface area contributed by atoms with Gasteiger partial charge >= 0.3 is 0 Å². The smallest absolute Gasteiger partial charge is 0.265 e. The van der Waals surface area contributed by atoms with E-state index in [0.717, 1.165) is 12.2 Å². The highest BCUT2D eigenvalue weighted by Gasteiger charge is 2.20. The molecule has 0 aliphatic carbocycles. The number of amides is 2. The average Bonchev–Trinajstić information content (AvgIpc) is 2.55. The molecule has 1 aromatic carbocycles. The molecule has 1 heterocycles. The molecule has 1 aliphatic rings. The van der Waals surface area contributed by atoms with Crippen molar-refractivity contribution in [3.8, 4) is 0 Å². The van der Waals surface area contributed by atoms with E-state index in [1.165, 1.54) is 11.8 Å². The number of ether oxygens (including phenoxy) is 1. The van der Waals surface area contributed by atoms with Crippen LogP contribution in [0.4, 0.5) is 5.69 Å². The van der Waals surface area contributed by atoms with Gasteiger partial charge < -0.3 is 15.4 Å². The third-order valence-corrected chi connectivity index (χ3v) is 4.73. The largest absolute Gasteiger partial charge is 0.496 e. The second kappa shape index (κ2) is 8.78. The van der Waals surface area contributed by atoms with Gasteiger partial charge in [-0.25, -0.2) is 0 Å². The lowest BCUT2D eigenvalue weighted by atomic mass is 10.1. The minimum absolute atomic E-state index is 0.176. The molecule has 2 rings (SSSR count). The molecule has 0 saturated carbocycles. The first kappa shape index (κ1) is 18.4. The Kier molecular flexibility index (Phi) is 6.73. The maximum absolute atomic E-state index is 12.5. The fraction of sp³-hybridized carbons (Fsp3) is 0.444. The van der Waals surface area contributed by atoms with Gasteiger partial charge in [0.1, 0.15) is 10.7 Å². The van der Waals surface area contributed by atoms with E-state index in [-0.39, 0.29) is 11.8 Å². The Morgan fingerprint density at radius 3 is 2.71 bits per heavy atom. The standard InChI is InChI=1S/C18H24N2O3S/c1-12(2)8-9-19-17(21)14-6-4-5-7-15(14)20-18(22)16-13(3)23-10-11-24-16/h4-7,12H,8-11H2,1-3H3,(H,19,21)(H,20,22). The highest BCUT2D eigenvalue weighted by molar-refractivity contribution is 8.04. The maximum atomic E-state index is 12.5. The van der Waals surface area contributed by atoms with E-state index in [1.54, 1.807) is 31.2 Å². The summed E-state index contributed by atoms with van der Waals surface area (Å²) in [6.07, 6.45) is 0.917. The van der Waals surface area contributed by atoms with Crippen molar-refractivity contribution in [3.63, 3.8) is 0 Å². The Hall–Kier alpha value is -1.95. The molecule has 0 aromatic heterocycles. The van der Waals surface area contributed by atoms with Crippen LogP contribution in [0.3, 0.4) is 0 Å². The zero-order chi connectivity index (χ0) is 17.5. The maximum Gasteiger partial charge on any atom is 0.265 e. The van der Waals surface area contributed by atoms with Crippen molar-refractivity contribution >= 4 is 29.3 Å². The molecule has 0 atom stereocenters. The van der Waals surface area contributed by atoms with Gasteiger partial charge in [-0.05, 0) is 31.4 Å². The van der Waals surface area contributed by atoms with Crippen LogP contribution in [-0.2, 0) is 9.53 Å². The van der Waals surface area contributed by atoms with Crippen molar-refractivity contribution in [2.45, 2.75) is 27.2 Å². The molecule has 0 spiro atoms. The number of thioether (sulfide) groups is 1. The van der Waals surface area contributed by atoms with E-state index in [2.05, 4.69) is 24.5 Å². The number of para-hydroxylation sites is 1. The predicted octanol–water partition coefficient (Wildman–Crippen LogP) is 3.40. The minimum Gasteiger partial charge on any atom is -0.496 e. The first-order chi connectivity index (χ1) is 11.5. The number of carbonyl (C=O) groups is 2. The van der Waals surface area contributed by atoms with Crippen molar-refractivity contribution in [2.24, 2.45) is 5.92 Å². The van der Waals surface area contributed by atoms with Crippen molar-refractivity contribution in [3.05, 3.63) is 40.5 Å². The van der Waals surface area contributed by atoms with E-state index in [4.69, 9.17) is 4.74 Å². The number of carbonyl (C=O) groups excluding carboxylic acids is 2. The molecule has 1 aromatic rings. The third kappa shape index (κ3) is 5.03. The second-order valence-electron chi connectivity index (χ2n) is 6.02. The van der Waals surface area contributed by atoms with Crippen molar-refractivity contribution in [1.82, 2.24) is 5.32 Å². The number of benzene rings is 1. The van der Waals surface area contributed by atoms with Crippen LogP contribution in [0, 0.1) is 5.92 Å². The van der Waals surface area contributed by atoms with Crippen LogP contribution < -0.4 is 10.6 Å². The highest BCUT2D eigenvalue weighted by atomic mass is 32.2. The monoisotopic (exact) mass is 348 g/mol. The summed E-state index contributed by atoms with van der Waals surface area (Å²) in [5.41, 5.74) is 0.977. The molecule has 0 unspecified atom stereocenters. The lowest BCUT2D eigenvalue weighted by Gasteiger charge is -2.18.